The summed E-state index contributed by atoms with van der Waals surface area (Å²) in [5.41, 5.74) is 2.62. The third-order valence-electron chi connectivity index (χ3n) is 3.92. The number of oxazole rings is 1. The van der Waals surface area contributed by atoms with Crippen LogP contribution >= 0.6 is 15.9 Å². The van der Waals surface area contributed by atoms with Crippen LogP contribution in [0.1, 0.15) is 5.89 Å². The van der Waals surface area contributed by atoms with Gasteiger partial charge in [-0.15, -0.1) is 0 Å². The molecule has 4 nitrogen and oxygen atoms in total. The Bertz CT molecular complexity index is 1080. The summed E-state index contributed by atoms with van der Waals surface area (Å²) in [6.07, 6.45) is 2.35. The molecular weight excluding hydrogens is 380 g/mol. The number of nitrogens with zero attached hydrogens (tertiary/aromatic N) is 1. The van der Waals surface area contributed by atoms with Gasteiger partial charge in [-0.05, 0) is 29.7 Å². The average molecular weight is 393 g/mol. The van der Waals surface area contributed by atoms with Gasteiger partial charge in [-0.25, -0.2) is 4.98 Å². The number of nitrogens with one attached hydrogen (secondary N) is 1. The van der Waals surface area contributed by atoms with Gasteiger partial charge in [-0.1, -0.05) is 52.3 Å². The van der Waals surface area contributed by atoms with Crippen molar-refractivity contribution < 1.29 is 9.21 Å². The minimum Gasteiger partial charge on any atom is -0.436 e. The fourth-order valence-corrected chi connectivity index (χ4v) is 3.16. The fraction of sp³-hybridized carbons (Fsp3) is 0. The van der Waals surface area contributed by atoms with E-state index in [1.807, 2.05) is 60.7 Å². The number of hydrogen-bond donors (Lipinski definition) is 1. The van der Waals surface area contributed by atoms with Crippen LogP contribution in [0.15, 0.2) is 75.8 Å². The Morgan fingerprint density at radius 2 is 1.76 bits per heavy atom. The lowest BCUT2D eigenvalue weighted by molar-refractivity contribution is -0.103. The van der Waals surface area contributed by atoms with E-state index in [1.54, 1.807) is 6.20 Å². The lowest BCUT2D eigenvalue weighted by Gasteiger charge is -2.08. The minimum atomic E-state index is 0.296. The van der Waals surface area contributed by atoms with Crippen LogP contribution in [0.2, 0.25) is 0 Å². The SMILES string of the molecule is O=C/C(=C\Nc1ccc(Br)c2ccccc12)c1nc2ccccc2o1. The van der Waals surface area contributed by atoms with Crippen LogP contribution in [0.5, 0.6) is 0 Å². The van der Waals surface area contributed by atoms with E-state index >= 15 is 0 Å². The van der Waals surface area contributed by atoms with E-state index in [0.29, 0.717) is 17.0 Å². The first kappa shape index (κ1) is 15.6. The number of fused-ring (bicyclic) bond motifs is 2. The van der Waals surface area contributed by atoms with Crippen molar-refractivity contribution in [3.63, 3.8) is 0 Å². The second kappa shape index (κ2) is 6.53. The monoisotopic (exact) mass is 392 g/mol. The summed E-state index contributed by atoms with van der Waals surface area (Å²) in [6, 6.07) is 19.4. The van der Waals surface area contributed by atoms with Crippen LogP contribution in [-0.2, 0) is 4.79 Å². The van der Waals surface area contributed by atoms with E-state index in [4.69, 9.17) is 4.42 Å². The van der Waals surface area contributed by atoms with Crippen LogP contribution in [0.4, 0.5) is 5.69 Å². The van der Waals surface area contributed by atoms with Gasteiger partial charge in [0, 0.05) is 21.7 Å². The fourth-order valence-electron chi connectivity index (χ4n) is 2.69. The van der Waals surface area contributed by atoms with E-state index in [0.717, 1.165) is 32.7 Å². The number of carbonyl (C=O) groups is 1. The number of aldehydes is 1. The van der Waals surface area contributed by atoms with Crippen LogP contribution < -0.4 is 5.32 Å². The summed E-state index contributed by atoms with van der Waals surface area (Å²) >= 11 is 3.56. The third kappa shape index (κ3) is 2.94. The number of benzene rings is 3. The van der Waals surface area contributed by atoms with Gasteiger partial charge >= 0.3 is 0 Å². The summed E-state index contributed by atoms with van der Waals surface area (Å²) < 4.78 is 6.68. The number of rotatable bonds is 4. The Balaban J connectivity index is 1.72. The molecule has 0 fully saturated rings. The van der Waals surface area contributed by atoms with E-state index in [1.165, 1.54) is 0 Å². The molecule has 0 atom stereocenters. The lowest BCUT2D eigenvalue weighted by atomic mass is 10.1. The number of aromatic nitrogens is 1. The van der Waals surface area contributed by atoms with E-state index < -0.39 is 0 Å². The first-order valence-corrected chi connectivity index (χ1v) is 8.50. The summed E-state index contributed by atoms with van der Waals surface area (Å²) in [5.74, 6) is 0.296. The van der Waals surface area contributed by atoms with Crippen molar-refractivity contribution in [1.29, 1.82) is 0 Å². The molecule has 3 aromatic carbocycles. The first-order valence-electron chi connectivity index (χ1n) is 7.71. The molecule has 1 N–H and O–H groups in total. The van der Waals surface area contributed by atoms with Crippen molar-refractivity contribution in [3.8, 4) is 0 Å². The zero-order valence-electron chi connectivity index (χ0n) is 13.1. The van der Waals surface area contributed by atoms with Gasteiger partial charge < -0.3 is 9.73 Å². The molecular formula is C20H13BrN2O2. The highest BCUT2D eigenvalue weighted by molar-refractivity contribution is 9.10. The van der Waals surface area contributed by atoms with Crippen molar-refractivity contribution in [2.75, 3.05) is 5.32 Å². The Labute approximate surface area is 152 Å². The number of carbonyl (C=O) groups excluding carboxylic acids is 1. The highest BCUT2D eigenvalue weighted by Crippen LogP contribution is 2.30. The topological polar surface area (TPSA) is 55.1 Å². The van der Waals surface area contributed by atoms with Crippen LogP contribution in [-0.4, -0.2) is 11.3 Å². The number of anilines is 1. The van der Waals surface area contributed by atoms with Gasteiger partial charge in [0.25, 0.3) is 0 Å². The molecule has 0 unspecified atom stereocenters. The maximum Gasteiger partial charge on any atom is 0.232 e. The molecule has 4 aromatic rings. The second-order valence-corrected chi connectivity index (χ2v) is 6.34. The van der Waals surface area contributed by atoms with E-state index in [-0.39, 0.29) is 0 Å². The summed E-state index contributed by atoms with van der Waals surface area (Å²) in [4.78, 5) is 15.9. The third-order valence-corrected chi connectivity index (χ3v) is 4.61. The first-order chi connectivity index (χ1) is 12.3. The molecule has 0 saturated carbocycles. The van der Waals surface area contributed by atoms with Crippen molar-refractivity contribution in [2.24, 2.45) is 0 Å². The molecule has 0 aliphatic rings. The van der Waals surface area contributed by atoms with Gasteiger partial charge in [-0.3, -0.25) is 4.79 Å². The van der Waals surface area contributed by atoms with Crippen LogP contribution in [0.25, 0.3) is 27.4 Å². The normalized spacial score (nSPS) is 11.8. The number of hydrogen-bond acceptors (Lipinski definition) is 4. The highest BCUT2D eigenvalue weighted by Gasteiger charge is 2.10. The van der Waals surface area contributed by atoms with E-state index in [9.17, 15) is 4.79 Å². The molecule has 0 spiro atoms. The van der Waals surface area contributed by atoms with Crippen LogP contribution in [0, 0.1) is 0 Å². The van der Waals surface area contributed by atoms with Crippen molar-refractivity contribution in [3.05, 3.63) is 77.2 Å². The quantitative estimate of drug-likeness (QED) is 0.373. The average Bonchev–Trinajstić information content (AvgIpc) is 3.08. The number of allylic oxidation sites excluding steroid dienone is 1. The molecule has 122 valence electrons. The number of para-hydroxylation sites is 2. The van der Waals surface area contributed by atoms with Gasteiger partial charge in [-0.2, -0.15) is 0 Å². The molecule has 0 bridgehead atoms. The standard InChI is InChI=1S/C20H13BrN2O2/c21-16-9-10-17(15-6-2-1-5-14(15)16)22-11-13(12-24)20-23-18-7-3-4-8-19(18)25-20/h1-12,22H/b13-11+. The van der Waals surface area contributed by atoms with E-state index in [2.05, 4.69) is 26.2 Å². The van der Waals surface area contributed by atoms with Gasteiger partial charge in [0.2, 0.25) is 5.89 Å². The van der Waals surface area contributed by atoms with Gasteiger partial charge in [0.1, 0.15) is 5.52 Å². The van der Waals surface area contributed by atoms with Gasteiger partial charge in [0.15, 0.2) is 11.9 Å². The second-order valence-electron chi connectivity index (χ2n) is 5.49. The highest BCUT2D eigenvalue weighted by atomic mass is 79.9. The maximum absolute atomic E-state index is 11.5. The summed E-state index contributed by atoms with van der Waals surface area (Å²) in [6.45, 7) is 0. The molecule has 0 aliphatic heterocycles. The molecule has 0 aliphatic carbocycles. The largest absolute Gasteiger partial charge is 0.436 e. The lowest BCUT2D eigenvalue weighted by Crippen LogP contribution is -1.94. The molecule has 0 amide bonds. The Hall–Kier alpha value is -2.92. The molecule has 1 aromatic heterocycles. The Morgan fingerprint density at radius 3 is 2.56 bits per heavy atom. The Morgan fingerprint density at radius 1 is 1.00 bits per heavy atom. The predicted molar refractivity (Wildman–Crippen MR) is 103 cm³/mol. The summed E-state index contributed by atoms with van der Waals surface area (Å²) in [5, 5.41) is 5.34. The Kier molecular flexibility index (Phi) is 4.07. The smallest absolute Gasteiger partial charge is 0.232 e. The van der Waals surface area contributed by atoms with Crippen molar-refractivity contribution in [2.45, 2.75) is 0 Å². The molecule has 25 heavy (non-hydrogen) atoms. The number of halogens is 1. The molecule has 4 rings (SSSR count). The van der Waals surface area contributed by atoms with Crippen molar-refractivity contribution in [1.82, 2.24) is 4.98 Å². The predicted octanol–water partition coefficient (Wildman–Crippen LogP) is 5.40. The summed E-state index contributed by atoms with van der Waals surface area (Å²) in [7, 11) is 0. The maximum atomic E-state index is 11.5. The molecule has 0 saturated heterocycles. The zero-order chi connectivity index (χ0) is 17.2. The molecule has 5 heteroatoms. The van der Waals surface area contributed by atoms with Crippen molar-refractivity contribution >= 4 is 55.3 Å². The zero-order valence-corrected chi connectivity index (χ0v) is 14.7. The van der Waals surface area contributed by atoms with Gasteiger partial charge in [0.05, 0.1) is 5.57 Å². The molecule has 0 radical (unpaired) electrons. The van der Waals surface area contributed by atoms with Crippen LogP contribution in [0.3, 0.4) is 0 Å². The molecule has 1 heterocycles. The minimum absolute atomic E-state index is 0.296.